The Morgan fingerprint density at radius 2 is 1.65 bits per heavy atom. The van der Waals surface area contributed by atoms with Gasteiger partial charge in [0.2, 0.25) is 5.91 Å². The van der Waals surface area contributed by atoms with E-state index in [1.54, 1.807) is 25.3 Å². The van der Waals surface area contributed by atoms with Crippen LogP contribution in [0.15, 0.2) is 53.4 Å². The predicted octanol–water partition coefficient (Wildman–Crippen LogP) is 1.96. The smallest absolute Gasteiger partial charge is 0.224 e. The van der Waals surface area contributed by atoms with Crippen molar-refractivity contribution >= 4 is 15.7 Å². The van der Waals surface area contributed by atoms with Crippen LogP contribution in [0.1, 0.15) is 11.1 Å². The molecule has 0 aromatic heterocycles. The van der Waals surface area contributed by atoms with Gasteiger partial charge in [0.05, 0.1) is 18.4 Å². The van der Waals surface area contributed by atoms with Crippen molar-refractivity contribution < 1.29 is 17.9 Å². The van der Waals surface area contributed by atoms with Crippen LogP contribution in [-0.2, 0) is 27.6 Å². The summed E-state index contributed by atoms with van der Waals surface area (Å²) in [6.45, 7) is 0.323. The number of amides is 1. The summed E-state index contributed by atoms with van der Waals surface area (Å²) in [4.78, 5) is 12.3. The van der Waals surface area contributed by atoms with Crippen molar-refractivity contribution in [1.82, 2.24) is 5.32 Å². The van der Waals surface area contributed by atoms with Crippen molar-refractivity contribution in [2.75, 3.05) is 13.4 Å². The highest BCUT2D eigenvalue weighted by Crippen LogP contribution is 2.18. The van der Waals surface area contributed by atoms with Crippen LogP contribution in [0.25, 0.3) is 0 Å². The first-order valence-electron chi connectivity index (χ1n) is 7.08. The van der Waals surface area contributed by atoms with Gasteiger partial charge in [-0.1, -0.05) is 36.4 Å². The molecule has 23 heavy (non-hydrogen) atoms. The van der Waals surface area contributed by atoms with Crippen LogP contribution in [0.4, 0.5) is 0 Å². The van der Waals surface area contributed by atoms with E-state index < -0.39 is 9.84 Å². The maximum absolute atomic E-state index is 12.1. The van der Waals surface area contributed by atoms with Crippen molar-refractivity contribution in [3.63, 3.8) is 0 Å². The van der Waals surface area contributed by atoms with E-state index in [2.05, 4.69) is 5.32 Å². The largest absolute Gasteiger partial charge is 0.496 e. The van der Waals surface area contributed by atoms with Gasteiger partial charge in [0, 0.05) is 18.4 Å². The number of rotatable bonds is 6. The fourth-order valence-electron chi connectivity index (χ4n) is 2.29. The molecule has 0 heterocycles. The summed E-state index contributed by atoms with van der Waals surface area (Å²) in [5, 5.41) is 2.79. The average molecular weight is 333 g/mol. The van der Waals surface area contributed by atoms with Crippen molar-refractivity contribution in [3.05, 3.63) is 59.7 Å². The lowest BCUT2D eigenvalue weighted by molar-refractivity contribution is -0.120. The molecule has 0 fully saturated rings. The van der Waals surface area contributed by atoms with Crippen LogP contribution in [-0.4, -0.2) is 27.7 Å². The Hall–Kier alpha value is -2.34. The highest BCUT2D eigenvalue weighted by Gasteiger charge is 2.15. The summed E-state index contributed by atoms with van der Waals surface area (Å²) in [6, 6.07) is 13.9. The molecule has 0 saturated heterocycles. The van der Waals surface area contributed by atoms with Gasteiger partial charge in [-0.05, 0) is 17.7 Å². The quantitative estimate of drug-likeness (QED) is 0.877. The molecule has 2 rings (SSSR count). The van der Waals surface area contributed by atoms with Crippen molar-refractivity contribution in [2.24, 2.45) is 0 Å². The Balaban J connectivity index is 2.07. The molecule has 6 heteroatoms. The first kappa shape index (κ1) is 17.0. The summed E-state index contributed by atoms with van der Waals surface area (Å²) in [5.41, 5.74) is 1.35. The third-order valence-electron chi connectivity index (χ3n) is 3.39. The first-order chi connectivity index (χ1) is 10.9. The number of carbonyl (C=O) groups excluding carboxylic acids is 1. The number of methoxy groups -OCH3 is 1. The van der Waals surface area contributed by atoms with Crippen molar-refractivity contribution in [3.8, 4) is 5.75 Å². The topological polar surface area (TPSA) is 72.5 Å². The van der Waals surface area contributed by atoms with Gasteiger partial charge in [0.15, 0.2) is 9.84 Å². The predicted molar refractivity (Wildman–Crippen MR) is 88.1 cm³/mol. The van der Waals surface area contributed by atoms with Gasteiger partial charge < -0.3 is 10.1 Å². The Morgan fingerprint density at radius 3 is 2.30 bits per heavy atom. The molecule has 0 atom stereocenters. The van der Waals surface area contributed by atoms with Gasteiger partial charge in [0.25, 0.3) is 0 Å². The minimum atomic E-state index is -3.36. The molecule has 0 unspecified atom stereocenters. The third-order valence-corrected chi connectivity index (χ3v) is 4.59. The van der Waals surface area contributed by atoms with Gasteiger partial charge >= 0.3 is 0 Å². The van der Waals surface area contributed by atoms with Crippen molar-refractivity contribution in [2.45, 2.75) is 17.9 Å². The minimum Gasteiger partial charge on any atom is -0.496 e. The monoisotopic (exact) mass is 333 g/mol. The van der Waals surface area contributed by atoms with E-state index in [0.29, 0.717) is 17.9 Å². The van der Waals surface area contributed by atoms with Gasteiger partial charge in [-0.15, -0.1) is 0 Å². The molecule has 0 aliphatic carbocycles. The molecule has 0 spiro atoms. The van der Waals surface area contributed by atoms with Gasteiger partial charge in [-0.2, -0.15) is 0 Å². The van der Waals surface area contributed by atoms with Gasteiger partial charge in [-0.25, -0.2) is 8.42 Å². The maximum atomic E-state index is 12.1. The second-order valence-electron chi connectivity index (χ2n) is 5.15. The summed E-state index contributed by atoms with van der Waals surface area (Å²) >= 11 is 0. The van der Waals surface area contributed by atoms with Crippen LogP contribution in [0, 0.1) is 0 Å². The fraction of sp³-hybridized carbons (Fsp3) is 0.235. The molecule has 5 nitrogen and oxygen atoms in total. The standard InChI is InChI=1S/C17H19NO4S/c1-22-15-9-5-3-8-14(15)12-18-17(19)11-13-7-4-6-10-16(13)23(2,20)21/h3-10H,11-12H2,1-2H3,(H,18,19). The molecule has 0 bridgehead atoms. The Kier molecular flexibility index (Phi) is 5.39. The molecule has 0 radical (unpaired) electrons. The van der Waals surface area contributed by atoms with E-state index in [9.17, 15) is 13.2 Å². The van der Waals surface area contributed by atoms with E-state index in [1.807, 2.05) is 24.3 Å². The van der Waals surface area contributed by atoms with E-state index in [4.69, 9.17) is 4.74 Å². The lowest BCUT2D eigenvalue weighted by Gasteiger charge is -2.11. The molecule has 0 aliphatic rings. The highest BCUT2D eigenvalue weighted by molar-refractivity contribution is 7.90. The Morgan fingerprint density at radius 1 is 1.04 bits per heavy atom. The molecule has 2 aromatic carbocycles. The second kappa shape index (κ2) is 7.28. The number of sulfone groups is 1. The van der Waals surface area contributed by atoms with Gasteiger partial charge in [-0.3, -0.25) is 4.79 Å². The van der Waals surface area contributed by atoms with Crippen LogP contribution in [0.5, 0.6) is 5.75 Å². The van der Waals surface area contributed by atoms with E-state index >= 15 is 0 Å². The highest BCUT2D eigenvalue weighted by atomic mass is 32.2. The maximum Gasteiger partial charge on any atom is 0.224 e. The fourth-order valence-corrected chi connectivity index (χ4v) is 3.23. The zero-order valence-corrected chi connectivity index (χ0v) is 13.9. The molecule has 0 saturated carbocycles. The number of nitrogens with one attached hydrogen (secondary N) is 1. The number of carbonyl (C=O) groups is 1. The molecular formula is C17H19NO4S. The third kappa shape index (κ3) is 4.56. The average Bonchev–Trinajstić information content (AvgIpc) is 2.52. The number of benzene rings is 2. The van der Waals surface area contributed by atoms with E-state index in [-0.39, 0.29) is 17.2 Å². The summed E-state index contributed by atoms with van der Waals surface area (Å²) in [7, 11) is -1.78. The van der Waals surface area contributed by atoms with Crippen LogP contribution in [0.3, 0.4) is 0 Å². The molecule has 2 aromatic rings. The van der Waals surface area contributed by atoms with Crippen LogP contribution in [0.2, 0.25) is 0 Å². The lowest BCUT2D eigenvalue weighted by atomic mass is 10.1. The normalized spacial score (nSPS) is 11.0. The zero-order chi connectivity index (χ0) is 16.9. The van der Waals surface area contributed by atoms with Gasteiger partial charge in [0.1, 0.15) is 5.75 Å². The molecule has 1 amide bonds. The lowest BCUT2D eigenvalue weighted by Crippen LogP contribution is -2.25. The van der Waals surface area contributed by atoms with E-state index in [1.165, 1.54) is 6.07 Å². The number of hydrogen-bond donors (Lipinski definition) is 1. The van der Waals surface area contributed by atoms with Crippen molar-refractivity contribution in [1.29, 1.82) is 0 Å². The molecule has 0 aliphatic heterocycles. The first-order valence-corrected chi connectivity index (χ1v) is 8.97. The SMILES string of the molecule is COc1ccccc1CNC(=O)Cc1ccccc1S(C)(=O)=O. The molecule has 1 N–H and O–H groups in total. The van der Waals surface area contributed by atoms with Crippen LogP contribution < -0.4 is 10.1 Å². The number of ether oxygens (including phenoxy) is 1. The minimum absolute atomic E-state index is 0.0123. The summed E-state index contributed by atoms with van der Waals surface area (Å²) in [6.07, 6.45) is 1.15. The van der Waals surface area contributed by atoms with E-state index in [0.717, 1.165) is 11.8 Å². The van der Waals surface area contributed by atoms with Crippen LogP contribution >= 0.6 is 0 Å². The second-order valence-corrected chi connectivity index (χ2v) is 7.13. The number of hydrogen-bond acceptors (Lipinski definition) is 4. The molecule has 122 valence electrons. The Bertz CT molecular complexity index is 800. The summed E-state index contributed by atoms with van der Waals surface area (Å²) < 4.78 is 28.7. The number of para-hydroxylation sites is 1. The molecular weight excluding hydrogens is 314 g/mol. The Labute approximate surface area is 136 Å². The summed E-state index contributed by atoms with van der Waals surface area (Å²) in [5.74, 6) is 0.455. The zero-order valence-electron chi connectivity index (χ0n) is 13.1.